The Morgan fingerprint density at radius 2 is 1.93 bits per heavy atom. The van der Waals surface area contributed by atoms with Crippen molar-refractivity contribution < 1.29 is 0 Å². The number of nitrogens with one attached hydrogen (secondary N) is 1. The number of terminal acetylenes is 2. The molecule has 0 unspecified atom stereocenters. The van der Waals surface area contributed by atoms with Gasteiger partial charge in [0, 0.05) is 25.6 Å². The molecule has 0 bridgehead atoms. The van der Waals surface area contributed by atoms with Gasteiger partial charge in [-0.2, -0.15) is 0 Å². The van der Waals surface area contributed by atoms with Crippen LogP contribution in [-0.2, 0) is 0 Å². The molecular weight excluding hydrogens is 184 g/mol. The van der Waals surface area contributed by atoms with Crippen molar-refractivity contribution in [1.29, 1.82) is 0 Å². The van der Waals surface area contributed by atoms with Gasteiger partial charge in [0.1, 0.15) is 0 Å². The Balaban J connectivity index is 2.05. The summed E-state index contributed by atoms with van der Waals surface area (Å²) in [5.41, 5.74) is 0. The number of likely N-dealkylation sites (tertiary alicyclic amines) is 1. The normalized spacial score (nSPS) is 18.3. The summed E-state index contributed by atoms with van der Waals surface area (Å²) >= 11 is 0. The second kappa shape index (κ2) is 7.35. The number of rotatable bonds is 5. The quantitative estimate of drug-likeness (QED) is 0.532. The summed E-state index contributed by atoms with van der Waals surface area (Å²) in [5, 5.41) is 3.55. The van der Waals surface area contributed by atoms with Crippen molar-refractivity contribution in [1.82, 2.24) is 10.2 Å². The molecule has 1 saturated heterocycles. The van der Waals surface area contributed by atoms with Crippen LogP contribution in [0.5, 0.6) is 0 Å². The van der Waals surface area contributed by atoms with E-state index in [1.54, 1.807) is 0 Å². The molecule has 0 aromatic heterocycles. The van der Waals surface area contributed by atoms with Crippen LogP contribution in [0.1, 0.15) is 25.7 Å². The first-order chi connectivity index (χ1) is 7.36. The molecule has 2 heteroatoms. The summed E-state index contributed by atoms with van der Waals surface area (Å²) in [5.74, 6) is 5.35. The van der Waals surface area contributed by atoms with Gasteiger partial charge in [0.2, 0.25) is 0 Å². The lowest BCUT2D eigenvalue weighted by atomic mass is 10.0. The van der Waals surface area contributed by atoms with Gasteiger partial charge in [-0.1, -0.05) is 5.92 Å². The van der Waals surface area contributed by atoms with Crippen LogP contribution >= 0.6 is 0 Å². The van der Waals surface area contributed by atoms with E-state index in [1.807, 2.05) is 0 Å². The highest BCUT2D eigenvalue weighted by Crippen LogP contribution is 2.09. The van der Waals surface area contributed by atoms with Crippen LogP contribution in [0.15, 0.2) is 0 Å². The molecule has 15 heavy (non-hydrogen) atoms. The lowest BCUT2D eigenvalue weighted by Crippen LogP contribution is -2.42. The summed E-state index contributed by atoms with van der Waals surface area (Å²) in [4.78, 5) is 2.33. The van der Waals surface area contributed by atoms with Crippen molar-refractivity contribution in [3.63, 3.8) is 0 Å². The molecule has 0 aromatic carbocycles. The maximum atomic E-state index is 5.28. The fourth-order valence-corrected chi connectivity index (χ4v) is 1.92. The Hall–Kier alpha value is -0.960. The highest BCUT2D eigenvalue weighted by atomic mass is 15.1. The fraction of sp³-hybridized carbons (Fsp3) is 0.692. The number of hydrogen-bond donors (Lipinski definition) is 1. The Morgan fingerprint density at radius 3 is 2.53 bits per heavy atom. The largest absolute Gasteiger partial charge is 0.314 e. The Morgan fingerprint density at radius 1 is 1.20 bits per heavy atom. The van der Waals surface area contributed by atoms with Gasteiger partial charge >= 0.3 is 0 Å². The molecule has 1 N–H and O–H groups in total. The van der Waals surface area contributed by atoms with Gasteiger partial charge in [0.25, 0.3) is 0 Å². The van der Waals surface area contributed by atoms with E-state index in [4.69, 9.17) is 12.8 Å². The summed E-state index contributed by atoms with van der Waals surface area (Å²) in [7, 11) is 0. The average molecular weight is 204 g/mol. The summed E-state index contributed by atoms with van der Waals surface area (Å²) in [6.45, 7) is 4.09. The summed E-state index contributed by atoms with van der Waals surface area (Å²) < 4.78 is 0. The van der Waals surface area contributed by atoms with E-state index in [0.29, 0.717) is 6.04 Å². The van der Waals surface area contributed by atoms with Crippen LogP contribution < -0.4 is 5.32 Å². The van der Waals surface area contributed by atoms with Crippen molar-refractivity contribution >= 4 is 0 Å². The van der Waals surface area contributed by atoms with Crippen molar-refractivity contribution in [3.05, 3.63) is 0 Å². The van der Waals surface area contributed by atoms with Gasteiger partial charge < -0.3 is 5.32 Å². The van der Waals surface area contributed by atoms with Gasteiger partial charge in [-0.25, -0.2) is 0 Å². The number of piperidine rings is 1. The van der Waals surface area contributed by atoms with Gasteiger partial charge in [-0.15, -0.1) is 18.8 Å². The molecule has 0 aliphatic carbocycles. The molecule has 82 valence electrons. The molecule has 0 atom stereocenters. The lowest BCUT2D eigenvalue weighted by Gasteiger charge is -2.31. The van der Waals surface area contributed by atoms with E-state index >= 15 is 0 Å². The number of hydrogen-bond acceptors (Lipinski definition) is 2. The minimum Gasteiger partial charge on any atom is -0.314 e. The van der Waals surface area contributed by atoms with E-state index in [0.717, 1.165) is 39.0 Å². The lowest BCUT2D eigenvalue weighted by molar-refractivity contribution is 0.218. The first-order valence-electron chi connectivity index (χ1n) is 5.69. The molecule has 1 rings (SSSR count). The smallest absolute Gasteiger partial charge is 0.0598 e. The predicted molar refractivity (Wildman–Crippen MR) is 64.4 cm³/mol. The molecule has 0 aromatic rings. The maximum Gasteiger partial charge on any atom is 0.0598 e. The average Bonchev–Trinajstić information content (AvgIpc) is 2.27. The third-order valence-electron chi connectivity index (χ3n) is 2.83. The van der Waals surface area contributed by atoms with Crippen molar-refractivity contribution in [3.8, 4) is 24.7 Å². The van der Waals surface area contributed by atoms with Crippen molar-refractivity contribution in [2.45, 2.75) is 31.7 Å². The zero-order valence-electron chi connectivity index (χ0n) is 9.34. The molecule has 1 fully saturated rings. The molecular formula is C13H20N2. The molecule has 1 aliphatic heterocycles. The van der Waals surface area contributed by atoms with Crippen LogP contribution in [0.2, 0.25) is 0 Å². The second-order valence-corrected chi connectivity index (χ2v) is 4.02. The minimum atomic E-state index is 0.664. The van der Waals surface area contributed by atoms with Crippen LogP contribution in [0.3, 0.4) is 0 Å². The summed E-state index contributed by atoms with van der Waals surface area (Å²) in [6, 6.07) is 0.664. The highest BCUT2D eigenvalue weighted by molar-refractivity contribution is 4.90. The zero-order chi connectivity index (χ0) is 10.9. The molecule has 1 aliphatic rings. The molecule has 0 amide bonds. The zero-order valence-corrected chi connectivity index (χ0v) is 9.34. The van der Waals surface area contributed by atoms with Gasteiger partial charge in [-0.3, -0.25) is 4.90 Å². The van der Waals surface area contributed by atoms with E-state index in [1.165, 1.54) is 12.8 Å². The van der Waals surface area contributed by atoms with E-state index in [2.05, 4.69) is 22.1 Å². The third kappa shape index (κ3) is 4.88. The molecule has 1 heterocycles. The van der Waals surface area contributed by atoms with Crippen LogP contribution in [-0.4, -0.2) is 37.1 Å². The first kappa shape index (κ1) is 12.1. The molecule has 2 nitrogen and oxygen atoms in total. The minimum absolute atomic E-state index is 0.664. The van der Waals surface area contributed by atoms with Crippen molar-refractivity contribution in [2.75, 3.05) is 26.2 Å². The Kier molecular flexibility index (Phi) is 5.93. The van der Waals surface area contributed by atoms with Crippen LogP contribution in [0.25, 0.3) is 0 Å². The van der Waals surface area contributed by atoms with Crippen LogP contribution in [0, 0.1) is 24.7 Å². The molecule has 0 spiro atoms. The summed E-state index contributed by atoms with van der Waals surface area (Å²) in [6.07, 6.45) is 14.9. The SMILES string of the molecule is C#CCCCNC1CCN(CC#C)CC1. The third-order valence-corrected chi connectivity index (χ3v) is 2.83. The topological polar surface area (TPSA) is 15.3 Å². The number of nitrogens with zero attached hydrogens (tertiary/aromatic N) is 1. The second-order valence-electron chi connectivity index (χ2n) is 4.02. The van der Waals surface area contributed by atoms with Crippen LogP contribution in [0.4, 0.5) is 0 Å². The Labute approximate surface area is 93.4 Å². The van der Waals surface area contributed by atoms with Gasteiger partial charge in [0.05, 0.1) is 6.54 Å². The molecule has 0 radical (unpaired) electrons. The maximum absolute atomic E-state index is 5.28. The first-order valence-corrected chi connectivity index (χ1v) is 5.69. The monoisotopic (exact) mass is 204 g/mol. The predicted octanol–water partition coefficient (Wildman–Crippen LogP) is 1.09. The van der Waals surface area contributed by atoms with Gasteiger partial charge in [0.15, 0.2) is 0 Å². The number of unbranched alkanes of at least 4 members (excludes halogenated alkanes) is 1. The van der Waals surface area contributed by atoms with E-state index in [-0.39, 0.29) is 0 Å². The van der Waals surface area contributed by atoms with Crippen molar-refractivity contribution in [2.24, 2.45) is 0 Å². The Bertz CT molecular complexity index is 235. The standard InChI is InChI=1S/C13H20N2/c1-3-5-6-9-14-13-7-11-15(10-4-2)12-8-13/h1-2,13-14H,5-12H2. The highest BCUT2D eigenvalue weighted by Gasteiger charge is 2.17. The molecule has 0 saturated carbocycles. The van der Waals surface area contributed by atoms with Gasteiger partial charge in [-0.05, 0) is 25.8 Å². The fourth-order valence-electron chi connectivity index (χ4n) is 1.92. The van der Waals surface area contributed by atoms with E-state index in [9.17, 15) is 0 Å². The van der Waals surface area contributed by atoms with E-state index < -0.39 is 0 Å².